The van der Waals surface area contributed by atoms with E-state index in [0.29, 0.717) is 13.2 Å². The zero-order chi connectivity index (χ0) is 17.6. The lowest BCUT2D eigenvalue weighted by Gasteiger charge is -2.27. The first kappa shape index (κ1) is 17.3. The molecule has 0 amide bonds. The molecule has 0 aliphatic rings. The molecule has 0 spiro atoms. The normalized spacial score (nSPS) is 12.5. The second-order valence-corrected chi connectivity index (χ2v) is 5.92. The minimum Gasteiger partial charge on any atom is -0.383 e. The van der Waals surface area contributed by atoms with E-state index < -0.39 is 0 Å². The molecule has 3 rings (SSSR count). The first-order valence-corrected chi connectivity index (χ1v) is 8.07. The number of hydrogen-bond donors (Lipinski definition) is 1. The van der Waals surface area contributed by atoms with Crippen LogP contribution in [-0.4, -0.2) is 40.8 Å². The summed E-state index contributed by atoms with van der Waals surface area (Å²) in [7, 11) is 3.71. The number of benzene rings is 1. The molecule has 2 aromatic heterocycles. The van der Waals surface area contributed by atoms with E-state index in [1.807, 2.05) is 25.2 Å². The van der Waals surface area contributed by atoms with E-state index in [1.54, 1.807) is 31.6 Å². The minimum absolute atomic E-state index is 0.0298. The molecule has 1 N–H and O–H groups in total. The second-order valence-electron chi connectivity index (χ2n) is 5.92. The van der Waals surface area contributed by atoms with Gasteiger partial charge in [0.25, 0.3) is 0 Å². The summed E-state index contributed by atoms with van der Waals surface area (Å²) in [6, 6.07) is 12.3. The Kier molecular flexibility index (Phi) is 5.53. The maximum atomic E-state index is 13.2. The lowest BCUT2D eigenvalue weighted by molar-refractivity contribution is 0.100. The third kappa shape index (κ3) is 4.10. The third-order valence-electron chi connectivity index (χ3n) is 4.16. The molecule has 0 fully saturated rings. The van der Waals surface area contributed by atoms with Crippen LogP contribution in [0.5, 0.6) is 0 Å². The minimum atomic E-state index is -0.253. The summed E-state index contributed by atoms with van der Waals surface area (Å²) in [6.07, 6.45) is 3.59. The molecule has 0 saturated heterocycles. The van der Waals surface area contributed by atoms with Gasteiger partial charge in [0.1, 0.15) is 5.82 Å². The van der Waals surface area contributed by atoms with Crippen molar-refractivity contribution >= 4 is 0 Å². The third-order valence-corrected chi connectivity index (χ3v) is 4.16. The molecule has 2 heterocycles. The van der Waals surface area contributed by atoms with Crippen LogP contribution in [0.2, 0.25) is 0 Å². The number of ether oxygens (including phenoxy) is 1. The quantitative estimate of drug-likeness (QED) is 0.716. The number of aromatic nitrogens is 3. The van der Waals surface area contributed by atoms with Gasteiger partial charge in [-0.3, -0.25) is 15.0 Å². The highest BCUT2D eigenvalue weighted by molar-refractivity contribution is 5.62. The Balaban J connectivity index is 1.81. The molecule has 130 valence electrons. The van der Waals surface area contributed by atoms with Gasteiger partial charge in [0, 0.05) is 31.0 Å². The second kappa shape index (κ2) is 8.00. The standard InChI is InChI=1S/C19H21FN4O/c1-24(18(13-25-2)17-5-3-4-10-21-17)12-15-11-22-23-19(15)14-6-8-16(20)9-7-14/h3-11,18H,12-13H2,1-2H3,(H,22,23). The van der Waals surface area contributed by atoms with Gasteiger partial charge in [-0.1, -0.05) is 6.07 Å². The van der Waals surface area contributed by atoms with Crippen LogP contribution in [-0.2, 0) is 11.3 Å². The van der Waals surface area contributed by atoms with Crippen LogP contribution in [0.1, 0.15) is 17.3 Å². The highest BCUT2D eigenvalue weighted by Crippen LogP contribution is 2.25. The maximum Gasteiger partial charge on any atom is 0.123 e. The fraction of sp³-hybridized carbons (Fsp3) is 0.263. The van der Waals surface area contributed by atoms with E-state index in [-0.39, 0.29) is 11.9 Å². The molecule has 0 aliphatic heterocycles. The smallest absolute Gasteiger partial charge is 0.123 e. The maximum absolute atomic E-state index is 13.2. The lowest BCUT2D eigenvalue weighted by Crippen LogP contribution is -2.28. The Morgan fingerprint density at radius 2 is 2.00 bits per heavy atom. The molecule has 0 saturated carbocycles. The largest absolute Gasteiger partial charge is 0.383 e. The Hall–Kier alpha value is -2.57. The van der Waals surface area contributed by atoms with Crippen LogP contribution in [0.3, 0.4) is 0 Å². The van der Waals surface area contributed by atoms with Crippen LogP contribution in [0.25, 0.3) is 11.3 Å². The Bertz CT molecular complexity index is 789. The van der Waals surface area contributed by atoms with Gasteiger partial charge in [-0.2, -0.15) is 5.10 Å². The molecule has 0 aliphatic carbocycles. The number of methoxy groups -OCH3 is 1. The van der Waals surface area contributed by atoms with Crippen molar-refractivity contribution in [2.45, 2.75) is 12.6 Å². The number of halogens is 1. The molecule has 3 aromatic rings. The first-order chi connectivity index (χ1) is 12.2. The average molecular weight is 340 g/mol. The van der Waals surface area contributed by atoms with E-state index >= 15 is 0 Å². The highest BCUT2D eigenvalue weighted by atomic mass is 19.1. The lowest BCUT2D eigenvalue weighted by atomic mass is 10.1. The van der Waals surface area contributed by atoms with Crippen LogP contribution < -0.4 is 0 Å². The number of rotatable bonds is 7. The number of pyridine rings is 1. The first-order valence-electron chi connectivity index (χ1n) is 8.07. The number of likely N-dealkylation sites (N-methyl/N-ethyl adjacent to an activating group) is 1. The Labute approximate surface area is 146 Å². The van der Waals surface area contributed by atoms with E-state index in [9.17, 15) is 4.39 Å². The predicted octanol–water partition coefficient (Wildman–Crippen LogP) is 3.43. The summed E-state index contributed by atoms with van der Waals surface area (Å²) in [5, 5.41) is 7.17. The number of nitrogens with zero attached hydrogens (tertiary/aromatic N) is 3. The zero-order valence-corrected chi connectivity index (χ0v) is 14.3. The molecular weight excluding hydrogens is 319 g/mol. The Morgan fingerprint density at radius 1 is 1.20 bits per heavy atom. The van der Waals surface area contributed by atoms with E-state index in [0.717, 1.165) is 22.5 Å². The molecule has 0 radical (unpaired) electrons. The van der Waals surface area contributed by atoms with E-state index in [4.69, 9.17) is 4.74 Å². The van der Waals surface area contributed by atoms with Crippen LogP contribution in [0.4, 0.5) is 4.39 Å². The van der Waals surface area contributed by atoms with Gasteiger partial charge in [0.15, 0.2) is 0 Å². The van der Waals surface area contributed by atoms with Crippen molar-refractivity contribution in [2.75, 3.05) is 20.8 Å². The number of aromatic amines is 1. The van der Waals surface area contributed by atoms with E-state index in [1.165, 1.54) is 12.1 Å². The SMILES string of the molecule is COCC(c1ccccn1)N(C)Cc1cn[nH]c1-c1ccc(F)cc1. The molecule has 1 unspecified atom stereocenters. The van der Waals surface area contributed by atoms with Crippen LogP contribution >= 0.6 is 0 Å². The molecule has 6 heteroatoms. The molecule has 0 bridgehead atoms. The Morgan fingerprint density at radius 3 is 2.68 bits per heavy atom. The van der Waals surface area contributed by atoms with Gasteiger partial charge in [0.05, 0.1) is 30.2 Å². The van der Waals surface area contributed by atoms with Crippen molar-refractivity contribution in [3.8, 4) is 11.3 Å². The topological polar surface area (TPSA) is 54.0 Å². The zero-order valence-electron chi connectivity index (χ0n) is 14.3. The fourth-order valence-corrected chi connectivity index (χ4v) is 2.85. The summed E-state index contributed by atoms with van der Waals surface area (Å²) >= 11 is 0. The van der Waals surface area contributed by atoms with Crippen molar-refractivity contribution in [3.05, 3.63) is 71.9 Å². The van der Waals surface area contributed by atoms with Gasteiger partial charge in [-0.25, -0.2) is 4.39 Å². The molecule has 5 nitrogen and oxygen atoms in total. The number of hydrogen-bond acceptors (Lipinski definition) is 4. The van der Waals surface area contributed by atoms with Crippen LogP contribution in [0, 0.1) is 5.82 Å². The molecular formula is C19H21FN4O. The number of nitrogens with one attached hydrogen (secondary N) is 1. The molecule has 1 aromatic carbocycles. The van der Waals surface area contributed by atoms with Crippen LogP contribution in [0.15, 0.2) is 54.9 Å². The van der Waals surface area contributed by atoms with Gasteiger partial charge in [0.2, 0.25) is 0 Å². The van der Waals surface area contributed by atoms with Crippen molar-refractivity contribution < 1.29 is 9.13 Å². The van der Waals surface area contributed by atoms with Gasteiger partial charge in [-0.15, -0.1) is 0 Å². The summed E-state index contributed by atoms with van der Waals surface area (Å²) in [6.45, 7) is 1.20. The summed E-state index contributed by atoms with van der Waals surface area (Å²) in [4.78, 5) is 6.62. The fourth-order valence-electron chi connectivity index (χ4n) is 2.85. The monoisotopic (exact) mass is 340 g/mol. The molecule has 25 heavy (non-hydrogen) atoms. The summed E-state index contributed by atoms with van der Waals surface area (Å²) in [5.74, 6) is -0.253. The van der Waals surface area contributed by atoms with Crippen molar-refractivity contribution in [2.24, 2.45) is 0 Å². The van der Waals surface area contributed by atoms with Gasteiger partial charge in [-0.05, 0) is 43.4 Å². The highest BCUT2D eigenvalue weighted by Gasteiger charge is 2.20. The summed E-state index contributed by atoms with van der Waals surface area (Å²) < 4.78 is 18.5. The van der Waals surface area contributed by atoms with Gasteiger partial charge >= 0.3 is 0 Å². The molecule has 1 atom stereocenters. The van der Waals surface area contributed by atoms with Crippen molar-refractivity contribution in [1.29, 1.82) is 0 Å². The van der Waals surface area contributed by atoms with Gasteiger partial charge < -0.3 is 4.74 Å². The summed E-state index contributed by atoms with van der Waals surface area (Å²) in [5.41, 5.74) is 3.79. The number of H-pyrrole nitrogens is 1. The van der Waals surface area contributed by atoms with Crippen molar-refractivity contribution in [1.82, 2.24) is 20.1 Å². The van der Waals surface area contributed by atoms with Crippen molar-refractivity contribution in [3.63, 3.8) is 0 Å². The average Bonchev–Trinajstić information content (AvgIpc) is 3.09. The van der Waals surface area contributed by atoms with E-state index in [2.05, 4.69) is 20.1 Å². The predicted molar refractivity (Wildman–Crippen MR) is 94.3 cm³/mol.